The molecule has 1 rings (SSSR count). The molecule has 3 amide bonds. The minimum atomic E-state index is -1.22. The molecule has 0 radical (unpaired) electrons. The van der Waals surface area contributed by atoms with E-state index in [0.29, 0.717) is 13.0 Å². The van der Waals surface area contributed by atoms with E-state index in [-0.39, 0.29) is 24.3 Å². The molecule has 0 aliphatic carbocycles. The van der Waals surface area contributed by atoms with Crippen molar-refractivity contribution in [1.82, 2.24) is 15.5 Å². The topological polar surface area (TPSA) is 87.7 Å². The van der Waals surface area contributed by atoms with Gasteiger partial charge in [-0.1, -0.05) is 6.08 Å². The van der Waals surface area contributed by atoms with Crippen molar-refractivity contribution in [2.45, 2.75) is 71.6 Å². The monoisotopic (exact) mass is 367 g/mol. The Morgan fingerprint density at radius 3 is 2.23 bits per heavy atom. The van der Waals surface area contributed by atoms with E-state index in [4.69, 9.17) is 4.74 Å². The quantitative estimate of drug-likeness (QED) is 0.746. The summed E-state index contributed by atoms with van der Waals surface area (Å²) in [5, 5.41) is 5.75. The fourth-order valence-electron chi connectivity index (χ4n) is 3.08. The van der Waals surface area contributed by atoms with Crippen LogP contribution in [0.5, 0.6) is 0 Å². The van der Waals surface area contributed by atoms with Gasteiger partial charge >= 0.3 is 6.09 Å². The molecule has 1 aliphatic rings. The minimum Gasteiger partial charge on any atom is -0.444 e. The maximum absolute atomic E-state index is 13.1. The Balaban J connectivity index is 3.22. The average Bonchev–Trinajstić information content (AvgIpc) is 2.75. The number of carbonyl (C=O) groups is 3. The Morgan fingerprint density at radius 1 is 1.23 bits per heavy atom. The number of amides is 3. The molecule has 0 aromatic heterocycles. The van der Waals surface area contributed by atoms with Gasteiger partial charge in [-0.3, -0.25) is 9.59 Å². The normalized spacial score (nSPS) is 23.3. The van der Waals surface area contributed by atoms with Crippen molar-refractivity contribution in [3.05, 3.63) is 12.7 Å². The Morgan fingerprint density at radius 2 is 1.81 bits per heavy atom. The van der Waals surface area contributed by atoms with Gasteiger partial charge in [0.05, 0.1) is 6.54 Å². The number of hydrogen-bond acceptors (Lipinski definition) is 4. The van der Waals surface area contributed by atoms with Gasteiger partial charge in [-0.05, 0) is 48.0 Å². The van der Waals surface area contributed by atoms with Crippen LogP contribution in [0.4, 0.5) is 4.79 Å². The van der Waals surface area contributed by atoms with E-state index in [2.05, 4.69) is 17.2 Å². The second kappa shape index (κ2) is 7.68. The van der Waals surface area contributed by atoms with Gasteiger partial charge in [0.1, 0.15) is 11.1 Å². The van der Waals surface area contributed by atoms with Crippen LogP contribution in [0.2, 0.25) is 0 Å². The van der Waals surface area contributed by atoms with Crippen LogP contribution in [0.15, 0.2) is 12.7 Å². The number of allylic oxidation sites excluding steroid dienone is 1. The predicted molar refractivity (Wildman–Crippen MR) is 101 cm³/mol. The van der Waals surface area contributed by atoms with E-state index < -0.39 is 22.8 Å². The molecule has 1 fully saturated rings. The number of rotatable bonds is 4. The first kappa shape index (κ1) is 22.0. The summed E-state index contributed by atoms with van der Waals surface area (Å²) >= 11 is 0. The summed E-state index contributed by atoms with van der Waals surface area (Å²) < 4.78 is 5.44. The van der Waals surface area contributed by atoms with Crippen LogP contribution in [0.3, 0.4) is 0 Å². The van der Waals surface area contributed by atoms with E-state index in [0.717, 1.165) is 0 Å². The third-order valence-corrected chi connectivity index (χ3v) is 3.97. The standard InChI is InChI=1S/C19H33N3O4/c1-9-10-14-11-22(16(25)26-18(6,7)8)12-19(14,20-13(2)23)15(24)21-17(3,4)5/h9,14H,1,10-12H2,2-8H3,(H,20,23)(H,21,24)/t14?,19-/m1/s1. The molecule has 1 aliphatic heterocycles. The summed E-state index contributed by atoms with van der Waals surface area (Å²) in [4.78, 5) is 39.0. The zero-order valence-corrected chi connectivity index (χ0v) is 17.1. The number of hydrogen-bond donors (Lipinski definition) is 2. The molecule has 1 unspecified atom stereocenters. The van der Waals surface area contributed by atoms with Crippen LogP contribution in [-0.2, 0) is 14.3 Å². The van der Waals surface area contributed by atoms with Gasteiger partial charge in [0, 0.05) is 24.9 Å². The molecule has 2 N–H and O–H groups in total. The maximum Gasteiger partial charge on any atom is 0.410 e. The Hall–Kier alpha value is -2.05. The lowest BCUT2D eigenvalue weighted by Crippen LogP contribution is -2.65. The van der Waals surface area contributed by atoms with Gasteiger partial charge < -0.3 is 20.3 Å². The highest BCUT2D eigenvalue weighted by atomic mass is 16.6. The fraction of sp³-hybridized carbons (Fsp3) is 0.737. The van der Waals surface area contributed by atoms with E-state index >= 15 is 0 Å². The van der Waals surface area contributed by atoms with Crippen LogP contribution >= 0.6 is 0 Å². The van der Waals surface area contributed by atoms with E-state index in [9.17, 15) is 14.4 Å². The number of carbonyl (C=O) groups excluding carboxylic acids is 3. The molecular weight excluding hydrogens is 334 g/mol. The first-order chi connectivity index (χ1) is 11.7. The highest BCUT2D eigenvalue weighted by Gasteiger charge is 2.54. The second-order valence-electron chi connectivity index (χ2n) is 8.94. The van der Waals surface area contributed by atoms with Crippen molar-refractivity contribution >= 4 is 17.9 Å². The van der Waals surface area contributed by atoms with Crippen LogP contribution in [-0.4, -0.2) is 52.6 Å². The number of nitrogens with one attached hydrogen (secondary N) is 2. The van der Waals surface area contributed by atoms with Crippen LogP contribution in [0.1, 0.15) is 54.9 Å². The van der Waals surface area contributed by atoms with Crippen molar-refractivity contribution in [2.24, 2.45) is 5.92 Å². The molecular formula is C19H33N3O4. The largest absolute Gasteiger partial charge is 0.444 e. The molecule has 0 aromatic carbocycles. The zero-order valence-electron chi connectivity index (χ0n) is 17.1. The van der Waals surface area contributed by atoms with Crippen molar-refractivity contribution in [2.75, 3.05) is 13.1 Å². The predicted octanol–water partition coefficient (Wildman–Crippen LogP) is 2.22. The van der Waals surface area contributed by atoms with Crippen LogP contribution in [0, 0.1) is 5.92 Å². The third-order valence-electron chi connectivity index (χ3n) is 3.97. The molecule has 7 nitrogen and oxygen atoms in total. The zero-order chi connectivity index (χ0) is 20.3. The molecule has 0 aromatic rings. The van der Waals surface area contributed by atoms with E-state index in [1.807, 2.05) is 20.8 Å². The highest BCUT2D eigenvalue weighted by Crippen LogP contribution is 2.33. The molecule has 0 spiro atoms. The Bertz CT molecular complexity index is 574. The molecule has 1 heterocycles. The molecule has 0 bridgehead atoms. The third kappa shape index (κ3) is 5.75. The summed E-state index contributed by atoms with van der Waals surface area (Å²) in [6.45, 7) is 16.5. The summed E-state index contributed by atoms with van der Waals surface area (Å²) in [6.07, 6.45) is 1.68. The smallest absolute Gasteiger partial charge is 0.410 e. The van der Waals surface area contributed by atoms with E-state index in [1.54, 1.807) is 26.8 Å². The summed E-state index contributed by atoms with van der Waals surface area (Å²) in [5.41, 5.74) is -2.33. The lowest BCUT2D eigenvalue weighted by Gasteiger charge is -2.36. The van der Waals surface area contributed by atoms with Gasteiger partial charge in [-0.15, -0.1) is 6.58 Å². The van der Waals surface area contributed by atoms with Gasteiger partial charge in [-0.25, -0.2) is 4.79 Å². The summed E-state index contributed by atoms with van der Waals surface area (Å²) in [5.74, 6) is -0.925. The Labute approximate surface area is 156 Å². The van der Waals surface area contributed by atoms with Gasteiger partial charge in [0.2, 0.25) is 11.8 Å². The maximum atomic E-state index is 13.1. The molecule has 2 atom stereocenters. The first-order valence-corrected chi connectivity index (χ1v) is 8.90. The number of nitrogens with zero attached hydrogens (tertiary/aromatic N) is 1. The van der Waals surface area contributed by atoms with E-state index in [1.165, 1.54) is 11.8 Å². The first-order valence-electron chi connectivity index (χ1n) is 8.90. The van der Waals surface area contributed by atoms with Crippen molar-refractivity contribution < 1.29 is 19.1 Å². The summed E-state index contributed by atoms with van der Waals surface area (Å²) in [6, 6.07) is 0. The molecule has 7 heteroatoms. The summed E-state index contributed by atoms with van der Waals surface area (Å²) in [7, 11) is 0. The molecule has 26 heavy (non-hydrogen) atoms. The Kier molecular flexibility index (Phi) is 6.49. The van der Waals surface area contributed by atoms with Crippen LogP contribution < -0.4 is 10.6 Å². The second-order valence-corrected chi connectivity index (χ2v) is 8.94. The van der Waals surface area contributed by atoms with Crippen molar-refractivity contribution in [3.8, 4) is 0 Å². The molecule has 148 valence electrons. The lowest BCUT2D eigenvalue weighted by molar-refractivity contribution is -0.135. The highest BCUT2D eigenvalue weighted by molar-refractivity contribution is 5.93. The lowest BCUT2D eigenvalue weighted by atomic mass is 9.83. The fourth-order valence-corrected chi connectivity index (χ4v) is 3.08. The molecule has 0 saturated carbocycles. The van der Waals surface area contributed by atoms with Gasteiger partial charge in [0.25, 0.3) is 0 Å². The van der Waals surface area contributed by atoms with Gasteiger partial charge in [0.15, 0.2) is 0 Å². The van der Waals surface area contributed by atoms with Crippen molar-refractivity contribution in [3.63, 3.8) is 0 Å². The van der Waals surface area contributed by atoms with Gasteiger partial charge in [-0.2, -0.15) is 0 Å². The van der Waals surface area contributed by atoms with Crippen molar-refractivity contribution in [1.29, 1.82) is 0 Å². The SMILES string of the molecule is C=CCC1CN(C(=O)OC(C)(C)C)C[C@]1(NC(C)=O)C(=O)NC(C)(C)C. The van der Waals surface area contributed by atoms with Crippen LogP contribution in [0.25, 0.3) is 0 Å². The average molecular weight is 367 g/mol. The molecule has 1 saturated heterocycles. The number of likely N-dealkylation sites (tertiary alicyclic amines) is 1. The minimum absolute atomic E-state index is 0.0575. The number of ether oxygens (including phenoxy) is 1.